The Morgan fingerprint density at radius 2 is 1.86 bits per heavy atom. The summed E-state index contributed by atoms with van der Waals surface area (Å²) in [6, 6.07) is 15.2. The van der Waals surface area contributed by atoms with Crippen LogP contribution in [0.4, 0.5) is 0 Å². The Hall–Kier alpha value is -1.29. The number of hydrogen-bond acceptors (Lipinski definition) is 2. The summed E-state index contributed by atoms with van der Waals surface area (Å²) < 4.78 is 6.58. The quantitative estimate of drug-likeness (QED) is 0.527. The van der Waals surface area contributed by atoms with Crippen LogP contribution in [0.1, 0.15) is 5.56 Å². The first-order valence-electron chi connectivity index (χ1n) is 6.25. The van der Waals surface area contributed by atoms with Gasteiger partial charge in [0.25, 0.3) is 0 Å². The predicted molar refractivity (Wildman–Crippen MR) is 90.2 cm³/mol. The number of para-hydroxylation sites is 1. The Bertz CT molecular complexity index is 807. The van der Waals surface area contributed by atoms with Gasteiger partial charge in [0.2, 0.25) is 0 Å². The van der Waals surface area contributed by atoms with Crippen LogP contribution in [0, 0.1) is 0 Å². The van der Waals surface area contributed by atoms with Crippen LogP contribution in [-0.2, 0) is 6.61 Å². The van der Waals surface area contributed by atoms with Gasteiger partial charge in [0.15, 0.2) is 0 Å². The lowest BCUT2D eigenvalue weighted by Crippen LogP contribution is -1.98. The molecule has 2 aromatic carbocycles. The van der Waals surface area contributed by atoms with Gasteiger partial charge in [-0.2, -0.15) is 0 Å². The molecule has 0 bridgehead atoms. The average Bonchev–Trinajstić information content (AvgIpc) is 2.46. The molecule has 0 amide bonds. The molecule has 21 heavy (non-hydrogen) atoms. The molecule has 1 aromatic heterocycles. The van der Waals surface area contributed by atoms with Crippen molar-refractivity contribution < 1.29 is 4.74 Å². The zero-order chi connectivity index (χ0) is 14.8. The lowest BCUT2D eigenvalue weighted by Gasteiger charge is -2.10. The maximum absolute atomic E-state index is 6.21. The Morgan fingerprint density at radius 3 is 2.67 bits per heavy atom. The molecule has 0 aliphatic carbocycles. The third-order valence-corrected chi connectivity index (χ3v) is 4.21. The van der Waals surface area contributed by atoms with Crippen molar-refractivity contribution in [1.82, 2.24) is 4.98 Å². The number of pyridine rings is 1. The molecular weight excluding hydrogens is 373 g/mol. The van der Waals surface area contributed by atoms with Crippen molar-refractivity contribution in [3.05, 3.63) is 68.7 Å². The largest absolute Gasteiger partial charge is 0.488 e. The van der Waals surface area contributed by atoms with E-state index in [-0.39, 0.29) is 0 Å². The Labute approximate surface area is 140 Å². The third-order valence-electron chi connectivity index (χ3n) is 3.03. The smallest absolute Gasteiger partial charge is 0.136 e. The van der Waals surface area contributed by atoms with Crippen LogP contribution in [0.2, 0.25) is 10.2 Å². The van der Waals surface area contributed by atoms with Crippen molar-refractivity contribution in [3.8, 4) is 5.75 Å². The van der Waals surface area contributed by atoms with Gasteiger partial charge in [-0.15, -0.1) is 0 Å². The zero-order valence-electron chi connectivity index (χ0n) is 10.8. The summed E-state index contributed by atoms with van der Waals surface area (Å²) >= 11 is 15.5. The maximum atomic E-state index is 6.21. The molecule has 0 aliphatic heterocycles. The van der Waals surface area contributed by atoms with E-state index in [4.69, 9.17) is 27.9 Å². The molecule has 106 valence electrons. The van der Waals surface area contributed by atoms with Gasteiger partial charge in [0, 0.05) is 16.0 Å². The SMILES string of the molecule is Clc1ccc(OCc2cc3ccccc3nc2Cl)c(Br)c1. The molecule has 3 aromatic rings. The summed E-state index contributed by atoms with van der Waals surface area (Å²) in [7, 11) is 0. The topological polar surface area (TPSA) is 22.1 Å². The molecule has 0 atom stereocenters. The minimum Gasteiger partial charge on any atom is -0.488 e. The number of nitrogens with zero attached hydrogens (tertiary/aromatic N) is 1. The molecule has 0 unspecified atom stereocenters. The fourth-order valence-electron chi connectivity index (χ4n) is 1.99. The highest BCUT2D eigenvalue weighted by atomic mass is 79.9. The number of aromatic nitrogens is 1. The summed E-state index contributed by atoms with van der Waals surface area (Å²) in [5.74, 6) is 0.712. The van der Waals surface area contributed by atoms with E-state index in [2.05, 4.69) is 20.9 Å². The molecule has 0 aliphatic rings. The van der Waals surface area contributed by atoms with E-state index in [9.17, 15) is 0 Å². The van der Waals surface area contributed by atoms with Gasteiger partial charge in [-0.05, 0) is 46.3 Å². The van der Waals surface area contributed by atoms with Gasteiger partial charge in [-0.25, -0.2) is 4.98 Å². The highest BCUT2D eigenvalue weighted by Gasteiger charge is 2.07. The van der Waals surface area contributed by atoms with E-state index < -0.39 is 0 Å². The Morgan fingerprint density at radius 1 is 1.05 bits per heavy atom. The van der Waals surface area contributed by atoms with Crippen molar-refractivity contribution >= 4 is 50.0 Å². The molecule has 0 fully saturated rings. The van der Waals surface area contributed by atoms with Gasteiger partial charge >= 0.3 is 0 Å². The summed E-state index contributed by atoms with van der Waals surface area (Å²) in [5.41, 5.74) is 1.72. The molecule has 0 radical (unpaired) electrons. The van der Waals surface area contributed by atoms with Crippen molar-refractivity contribution in [2.75, 3.05) is 0 Å². The molecule has 3 rings (SSSR count). The number of ether oxygens (including phenoxy) is 1. The van der Waals surface area contributed by atoms with E-state index in [1.807, 2.05) is 36.4 Å². The molecule has 1 heterocycles. The van der Waals surface area contributed by atoms with Crippen LogP contribution in [-0.4, -0.2) is 4.98 Å². The molecular formula is C16H10BrCl2NO. The van der Waals surface area contributed by atoms with Crippen LogP contribution < -0.4 is 4.74 Å². The summed E-state index contributed by atoms with van der Waals surface area (Å²) in [6.45, 7) is 0.344. The number of halogens is 3. The number of fused-ring (bicyclic) bond motifs is 1. The molecule has 0 saturated carbocycles. The molecule has 5 heteroatoms. The number of hydrogen-bond donors (Lipinski definition) is 0. The predicted octanol–water partition coefficient (Wildman–Crippen LogP) is 5.88. The van der Waals surface area contributed by atoms with Crippen LogP contribution in [0.3, 0.4) is 0 Å². The first kappa shape index (κ1) is 14.6. The standard InChI is InChI=1S/C16H10BrCl2NO/c17-13-8-12(18)5-6-15(13)21-9-11-7-10-3-1-2-4-14(10)20-16(11)19/h1-8H,9H2. The first-order valence-corrected chi connectivity index (χ1v) is 7.80. The van der Waals surface area contributed by atoms with Crippen molar-refractivity contribution in [2.24, 2.45) is 0 Å². The van der Waals surface area contributed by atoms with E-state index in [1.54, 1.807) is 12.1 Å². The highest BCUT2D eigenvalue weighted by molar-refractivity contribution is 9.10. The minimum absolute atomic E-state index is 0.344. The van der Waals surface area contributed by atoms with E-state index in [0.29, 0.717) is 22.5 Å². The van der Waals surface area contributed by atoms with Crippen LogP contribution in [0.25, 0.3) is 10.9 Å². The normalized spacial score (nSPS) is 10.8. The maximum Gasteiger partial charge on any atom is 0.136 e. The van der Waals surface area contributed by atoms with Crippen molar-refractivity contribution in [1.29, 1.82) is 0 Å². The Kier molecular flexibility index (Phi) is 4.34. The lowest BCUT2D eigenvalue weighted by atomic mass is 10.2. The third kappa shape index (κ3) is 3.31. The van der Waals surface area contributed by atoms with Gasteiger partial charge in [-0.1, -0.05) is 41.4 Å². The molecule has 0 saturated heterocycles. The fourth-order valence-corrected chi connectivity index (χ4v) is 2.98. The number of rotatable bonds is 3. The summed E-state index contributed by atoms with van der Waals surface area (Å²) in [4.78, 5) is 4.38. The lowest BCUT2D eigenvalue weighted by molar-refractivity contribution is 0.304. The first-order chi connectivity index (χ1) is 10.1. The molecule has 0 spiro atoms. The van der Waals surface area contributed by atoms with E-state index >= 15 is 0 Å². The summed E-state index contributed by atoms with van der Waals surface area (Å²) in [6.07, 6.45) is 0. The fraction of sp³-hybridized carbons (Fsp3) is 0.0625. The van der Waals surface area contributed by atoms with Gasteiger partial charge < -0.3 is 4.74 Å². The molecule has 2 nitrogen and oxygen atoms in total. The summed E-state index contributed by atoms with van der Waals surface area (Å²) in [5, 5.41) is 2.15. The van der Waals surface area contributed by atoms with Crippen molar-refractivity contribution in [2.45, 2.75) is 6.61 Å². The zero-order valence-corrected chi connectivity index (χ0v) is 13.9. The van der Waals surface area contributed by atoms with E-state index in [1.165, 1.54) is 0 Å². The highest BCUT2D eigenvalue weighted by Crippen LogP contribution is 2.29. The second kappa shape index (κ2) is 6.22. The van der Waals surface area contributed by atoms with Gasteiger partial charge in [0.1, 0.15) is 17.5 Å². The van der Waals surface area contributed by atoms with Crippen LogP contribution in [0.15, 0.2) is 53.0 Å². The van der Waals surface area contributed by atoms with Crippen LogP contribution >= 0.6 is 39.1 Å². The number of benzene rings is 2. The van der Waals surface area contributed by atoms with Crippen molar-refractivity contribution in [3.63, 3.8) is 0 Å². The monoisotopic (exact) mass is 381 g/mol. The minimum atomic E-state index is 0.344. The average molecular weight is 383 g/mol. The molecule has 0 N–H and O–H groups in total. The second-order valence-electron chi connectivity index (χ2n) is 4.49. The second-order valence-corrected chi connectivity index (χ2v) is 6.14. The van der Waals surface area contributed by atoms with Gasteiger partial charge in [-0.3, -0.25) is 0 Å². The van der Waals surface area contributed by atoms with Gasteiger partial charge in [0.05, 0.1) is 9.99 Å². The Balaban J connectivity index is 1.86. The van der Waals surface area contributed by atoms with Crippen LogP contribution in [0.5, 0.6) is 5.75 Å². The van der Waals surface area contributed by atoms with E-state index in [0.717, 1.165) is 20.9 Å².